The molecule has 5 nitrogen and oxygen atoms in total. The van der Waals surface area contributed by atoms with E-state index >= 15 is 0 Å². The van der Waals surface area contributed by atoms with Gasteiger partial charge in [0, 0.05) is 22.3 Å². The minimum absolute atomic E-state index is 0.0407. The normalized spacial score (nSPS) is 13.7. The fourth-order valence-electron chi connectivity index (χ4n) is 1.34. The number of ether oxygens (including phenoxy) is 1. The zero-order valence-corrected chi connectivity index (χ0v) is 11.3. The molecule has 0 saturated carbocycles. The van der Waals surface area contributed by atoms with Crippen molar-refractivity contribution < 1.29 is 14.5 Å². The SMILES string of the molecule is COC(=O)C(C)C(C)Sc1ccc([N+](=O)[O-])cc1. The minimum Gasteiger partial charge on any atom is -0.469 e. The van der Waals surface area contributed by atoms with Gasteiger partial charge in [-0.2, -0.15) is 0 Å². The highest BCUT2D eigenvalue weighted by molar-refractivity contribution is 8.00. The highest BCUT2D eigenvalue weighted by atomic mass is 32.2. The standard InChI is InChI=1S/C12H15NO4S/c1-8(12(14)17-3)9(2)18-11-6-4-10(5-7-11)13(15)16/h4-9H,1-3H3. The number of carbonyl (C=O) groups excluding carboxylic acids is 1. The van der Waals surface area contributed by atoms with Crippen LogP contribution in [0.3, 0.4) is 0 Å². The number of benzene rings is 1. The second-order valence-corrected chi connectivity index (χ2v) is 5.34. The van der Waals surface area contributed by atoms with Crippen LogP contribution in [0.15, 0.2) is 29.2 Å². The molecule has 0 amide bonds. The predicted molar refractivity (Wildman–Crippen MR) is 69.6 cm³/mol. The molecular formula is C12H15NO4S. The van der Waals surface area contributed by atoms with Crippen LogP contribution in [0.4, 0.5) is 5.69 Å². The predicted octanol–water partition coefficient (Wildman–Crippen LogP) is 2.88. The summed E-state index contributed by atoms with van der Waals surface area (Å²) >= 11 is 1.49. The molecule has 1 rings (SSSR count). The van der Waals surface area contributed by atoms with Gasteiger partial charge in [-0.15, -0.1) is 11.8 Å². The Morgan fingerprint density at radius 1 is 1.33 bits per heavy atom. The number of nitro benzene ring substituents is 1. The van der Waals surface area contributed by atoms with Crippen molar-refractivity contribution in [2.45, 2.75) is 24.0 Å². The molecule has 0 aliphatic carbocycles. The summed E-state index contributed by atoms with van der Waals surface area (Å²) in [4.78, 5) is 22.3. The van der Waals surface area contributed by atoms with Crippen LogP contribution in [0.2, 0.25) is 0 Å². The largest absolute Gasteiger partial charge is 0.469 e. The number of methoxy groups -OCH3 is 1. The minimum atomic E-state index is -0.436. The molecule has 18 heavy (non-hydrogen) atoms. The maximum atomic E-state index is 11.4. The van der Waals surface area contributed by atoms with Gasteiger partial charge in [0.15, 0.2) is 0 Å². The smallest absolute Gasteiger partial charge is 0.309 e. The fourth-order valence-corrected chi connectivity index (χ4v) is 2.38. The number of hydrogen-bond donors (Lipinski definition) is 0. The Morgan fingerprint density at radius 2 is 1.89 bits per heavy atom. The van der Waals surface area contributed by atoms with Crippen LogP contribution >= 0.6 is 11.8 Å². The van der Waals surface area contributed by atoms with Gasteiger partial charge in [0.25, 0.3) is 5.69 Å². The molecule has 0 heterocycles. The number of nitrogens with zero attached hydrogens (tertiary/aromatic N) is 1. The van der Waals surface area contributed by atoms with Crippen LogP contribution in [-0.4, -0.2) is 23.3 Å². The lowest BCUT2D eigenvalue weighted by molar-refractivity contribution is -0.384. The van der Waals surface area contributed by atoms with Crippen molar-refractivity contribution in [3.63, 3.8) is 0 Å². The summed E-state index contributed by atoms with van der Waals surface area (Å²) in [5.74, 6) is -0.480. The van der Waals surface area contributed by atoms with Crippen LogP contribution in [0, 0.1) is 16.0 Å². The maximum absolute atomic E-state index is 11.4. The van der Waals surface area contributed by atoms with Gasteiger partial charge >= 0.3 is 5.97 Å². The van der Waals surface area contributed by atoms with E-state index in [0.29, 0.717) is 0 Å². The molecule has 0 aliphatic heterocycles. The van der Waals surface area contributed by atoms with E-state index in [9.17, 15) is 14.9 Å². The van der Waals surface area contributed by atoms with Crippen LogP contribution in [-0.2, 0) is 9.53 Å². The molecule has 0 fully saturated rings. The van der Waals surface area contributed by atoms with E-state index in [1.807, 2.05) is 6.92 Å². The summed E-state index contributed by atoms with van der Waals surface area (Å²) in [6, 6.07) is 6.28. The number of hydrogen-bond acceptors (Lipinski definition) is 5. The van der Waals surface area contributed by atoms with E-state index in [1.165, 1.54) is 31.0 Å². The molecule has 0 radical (unpaired) electrons. The monoisotopic (exact) mass is 269 g/mol. The Bertz CT molecular complexity index is 432. The first-order valence-corrected chi connectivity index (χ1v) is 6.32. The van der Waals surface area contributed by atoms with Crippen molar-refractivity contribution in [1.29, 1.82) is 0 Å². The molecule has 0 aliphatic rings. The van der Waals surface area contributed by atoms with Crippen molar-refractivity contribution in [2.75, 3.05) is 7.11 Å². The van der Waals surface area contributed by atoms with Crippen molar-refractivity contribution in [2.24, 2.45) is 5.92 Å². The van der Waals surface area contributed by atoms with Crippen molar-refractivity contribution in [3.05, 3.63) is 34.4 Å². The van der Waals surface area contributed by atoms with Crippen LogP contribution < -0.4 is 0 Å². The summed E-state index contributed by atoms with van der Waals surface area (Å²) in [5.41, 5.74) is 0.0630. The third-order valence-electron chi connectivity index (χ3n) is 2.65. The molecule has 0 N–H and O–H groups in total. The molecule has 6 heteroatoms. The fraction of sp³-hybridized carbons (Fsp3) is 0.417. The topological polar surface area (TPSA) is 69.4 Å². The lowest BCUT2D eigenvalue weighted by Crippen LogP contribution is -2.21. The Kier molecular flexibility index (Phi) is 5.15. The number of esters is 1. The average Bonchev–Trinajstić information content (AvgIpc) is 2.37. The van der Waals surface area contributed by atoms with Gasteiger partial charge in [0.1, 0.15) is 0 Å². The molecular weight excluding hydrogens is 254 g/mol. The number of carbonyl (C=O) groups is 1. The van der Waals surface area contributed by atoms with E-state index in [-0.39, 0.29) is 22.8 Å². The Labute approximate surface area is 110 Å². The molecule has 0 spiro atoms. The average molecular weight is 269 g/mol. The Hall–Kier alpha value is -1.56. The van der Waals surface area contributed by atoms with Crippen LogP contribution in [0.1, 0.15) is 13.8 Å². The molecule has 98 valence electrons. The zero-order valence-electron chi connectivity index (χ0n) is 10.5. The molecule has 2 unspecified atom stereocenters. The molecule has 0 saturated heterocycles. The molecule has 2 atom stereocenters. The summed E-state index contributed by atoms with van der Waals surface area (Å²) < 4.78 is 4.68. The van der Waals surface area contributed by atoms with E-state index in [4.69, 9.17) is 0 Å². The molecule has 1 aromatic carbocycles. The quantitative estimate of drug-likeness (QED) is 0.356. The van der Waals surface area contributed by atoms with E-state index in [2.05, 4.69) is 4.74 Å². The number of thioether (sulfide) groups is 1. The van der Waals surface area contributed by atoms with Gasteiger partial charge in [0.2, 0.25) is 0 Å². The second-order valence-electron chi connectivity index (χ2n) is 3.89. The molecule has 1 aromatic rings. The summed E-state index contributed by atoms with van der Waals surface area (Å²) in [5, 5.41) is 10.5. The zero-order chi connectivity index (χ0) is 13.7. The first-order valence-electron chi connectivity index (χ1n) is 5.44. The van der Waals surface area contributed by atoms with E-state index in [0.717, 1.165) is 4.90 Å². The first-order chi connectivity index (χ1) is 8.45. The highest BCUT2D eigenvalue weighted by Gasteiger charge is 2.21. The third-order valence-corrected chi connectivity index (χ3v) is 3.97. The summed E-state index contributed by atoms with van der Waals surface area (Å²) in [6.45, 7) is 3.72. The van der Waals surface area contributed by atoms with E-state index < -0.39 is 4.92 Å². The summed E-state index contributed by atoms with van der Waals surface area (Å²) in [6.07, 6.45) is 0. The third kappa shape index (κ3) is 3.73. The van der Waals surface area contributed by atoms with Gasteiger partial charge in [-0.1, -0.05) is 13.8 Å². The number of non-ortho nitro benzene ring substituents is 1. The Balaban J connectivity index is 2.67. The van der Waals surface area contributed by atoms with Gasteiger partial charge in [-0.25, -0.2) is 0 Å². The number of rotatable bonds is 5. The molecule has 0 aromatic heterocycles. The first kappa shape index (κ1) is 14.5. The van der Waals surface area contributed by atoms with Crippen molar-refractivity contribution in [1.82, 2.24) is 0 Å². The Morgan fingerprint density at radius 3 is 2.33 bits per heavy atom. The summed E-state index contributed by atoms with van der Waals surface area (Å²) in [7, 11) is 1.36. The maximum Gasteiger partial charge on any atom is 0.309 e. The van der Waals surface area contributed by atoms with Crippen molar-refractivity contribution >= 4 is 23.4 Å². The lowest BCUT2D eigenvalue weighted by atomic mass is 10.1. The van der Waals surface area contributed by atoms with Crippen LogP contribution in [0.25, 0.3) is 0 Å². The molecule has 0 bridgehead atoms. The number of nitro groups is 1. The second kappa shape index (κ2) is 6.39. The van der Waals surface area contributed by atoms with Gasteiger partial charge in [0.05, 0.1) is 18.0 Å². The highest BCUT2D eigenvalue weighted by Crippen LogP contribution is 2.29. The van der Waals surface area contributed by atoms with Crippen LogP contribution in [0.5, 0.6) is 0 Å². The van der Waals surface area contributed by atoms with Gasteiger partial charge in [-0.3, -0.25) is 14.9 Å². The van der Waals surface area contributed by atoms with E-state index in [1.54, 1.807) is 19.1 Å². The lowest BCUT2D eigenvalue weighted by Gasteiger charge is -2.16. The van der Waals surface area contributed by atoms with Crippen molar-refractivity contribution in [3.8, 4) is 0 Å². The van der Waals surface area contributed by atoms with Gasteiger partial charge in [-0.05, 0) is 12.1 Å². The van der Waals surface area contributed by atoms with Gasteiger partial charge < -0.3 is 4.74 Å².